The van der Waals surface area contributed by atoms with Crippen LogP contribution in [-0.2, 0) is 12.0 Å². The van der Waals surface area contributed by atoms with Gasteiger partial charge in [-0.3, -0.25) is 5.10 Å². The summed E-state index contributed by atoms with van der Waals surface area (Å²) in [4.78, 5) is 4.21. The summed E-state index contributed by atoms with van der Waals surface area (Å²) < 4.78 is 0. The Bertz CT molecular complexity index is 238. The third kappa shape index (κ3) is 2.46. The molecule has 4 nitrogen and oxygen atoms in total. The molecule has 1 aromatic rings. The van der Waals surface area contributed by atoms with Crippen molar-refractivity contribution in [1.29, 1.82) is 0 Å². The number of nitrogens with zero attached hydrogens (tertiary/aromatic N) is 2. The third-order valence-electron chi connectivity index (χ3n) is 1.40. The van der Waals surface area contributed by atoms with Crippen LogP contribution in [0.25, 0.3) is 0 Å². The van der Waals surface area contributed by atoms with Crippen LogP contribution in [0, 0.1) is 0 Å². The van der Waals surface area contributed by atoms with Gasteiger partial charge in [0.25, 0.3) is 0 Å². The maximum atomic E-state index is 5.37. The molecule has 0 aromatic carbocycles. The predicted octanol–water partition coefficient (Wildman–Crippen LogP) is 0.983. The minimum Gasteiger partial charge on any atom is -0.324 e. The van der Waals surface area contributed by atoms with Gasteiger partial charge in [0.05, 0.1) is 6.54 Å². The fourth-order valence-electron chi connectivity index (χ4n) is 0.722. The van der Waals surface area contributed by atoms with Crippen molar-refractivity contribution in [2.75, 3.05) is 0 Å². The molecule has 1 rings (SSSR count). The van der Waals surface area contributed by atoms with E-state index in [-0.39, 0.29) is 17.8 Å². The van der Waals surface area contributed by atoms with Gasteiger partial charge in [0.15, 0.2) is 5.82 Å². The average Bonchev–Trinajstić information content (AvgIpc) is 2.32. The monoisotopic (exact) mass is 190 g/mol. The van der Waals surface area contributed by atoms with Crippen LogP contribution < -0.4 is 5.73 Å². The quantitative estimate of drug-likeness (QED) is 0.694. The molecule has 1 heterocycles. The van der Waals surface area contributed by atoms with E-state index >= 15 is 0 Å². The third-order valence-corrected chi connectivity index (χ3v) is 1.40. The Morgan fingerprint density at radius 1 is 1.42 bits per heavy atom. The first kappa shape index (κ1) is 11.4. The molecule has 0 aliphatic heterocycles. The van der Waals surface area contributed by atoms with E-state index in [0.29, 0.717) is 6.54 Å². The van der Waals surface area contributed by atoms with E-state index in [1.165, 1.54) is 0 Å². The molecule has 70 valence electrons. The van der Waals surface area contributed by atoms with Gasteiger partial charge in [-0.1, -0.05) is 20.8 Å². The van der Waals surface area contributed by atoms with Crippen LogP contribution in [-0.4, -0.2) is 15.2 Å². The van der Waals surface area contributed by atoms with Crippen LogP contribution in [0.2, 0.25) is 0 Å². The normalized spacial score (nSPS) is 11.0. The number of aromatic amines is 1. The molecule has 0 aliphatic rings. The molecule has 0 aliphatic carbocycles. The van der Waals surface area contributed by atoms with Crippen molar-refractivity contribution in [3.8, 4) is 0 Å². The number of nitrogens with one attached hydrogen (secondary N) is 1. The highest BCUT2D eigenvalue weighted by Gasteiger charge is 2.18. The zero-order chi connectivity index (χ0) is 8.48. The fourth-order valence-corrected chi connectivity index (χ4v) is 0.722. The Kier molecular flexibility index (Phi) is 3.67. The highest BCUT2D eigenvalue weighted by atomic mass is 35.5. The van der Waals surface area contributed by atoms with Crippen LogP contribution in [0.15, 0.2) is 0 Å². The summed E-state index contributed by atoms with van der Waals surface area (Å²) in [6.45, 7) is 6.62. The first-order chi connectivity index (χ1) is 5.04. The van der Waals surface area contributed by atoms with Gasteiger partial charge in [0.2, 0.25) is 0 Å². The lowest BCUT2D eigenvalue weighted by Crippen LogP contribution is -2.13. The first-order valence-corrected chi connectivity index (χ1v) is 3.66. The summed E-state index contributed by atoms with van der Waals surface area (Å²) >= 11 is 0. The topological polar surface area (TPSA) is 67.6 Å². The van der Waals surface area contributed by atoms with E-state index in [9.17, 15) is 0 Å². The fraction of sp³-hybridized carbons (Fsp3) is 0.714. The van der Waals surface area contributed by atoms with Crippen molar-refractivity contribution >= 4 is 12.4 Å². The van der Waals surface area contributed by atoms with Gasteiger partial charge in [0.1, 0.15) is 5.82 Å². The van der Waals surface area contributed by atoms with Gasteiger partial charge in [0, 0.05) is 5.41 Å². The summed E-state index contributed by atoms with van der Waals surface area (Å²) in [6.07, 6.45) is 0. The van der Waals surface area contributed by atoms with Crippen molar-refractivity contribution in [3.05, 3.63) is 11.6 Å². The van der Waals surface area contributed by atoms with E-state index in [2.05, 4.69) is 36.0 Å². The maximum Gasteiger partial charge on any atom is 0.156 e. The molecule has 0 radical (unpaired) electrons. The second-order valence-electron chi connectivity index (χ2n) is 3.56. The second-order valence-corrected chi connectivity index (χ2v) is 3.56. The molecular formula is C7H15ClN4. The number of rotatable bonds is 1. The lowest BCUT2D eigenvalue weighted by atomic mass is 9.96. The number of hydrogen-bond donors (Lipinski definition) is 2. The summed E-state index contributed by atoms with van der Waals surface area (Å²) in [5.74, 6) is 1.56. The summed E-state index contributed by atoms with van der Waals surface area (Å²) in [7, 11) is 0. The molecule has 0 saturated heterocycles. The summed E-state index contributed by atoms with van der Waals surface area (Å²) in [6, 6.07) is 0. The summed E-state index contributed by atoms with van der Waals surface area (Å²) in [5.41, 5.74) is 5.38. The lowest BCUT2D eigenvalue weighted by molar-refractivity contribution is 0.547. The number of H-pyrrole nitrogens is 1. The van der Waals surface area contributed by atoms with Crippen molar-refractivity contribution < 1.29 is 0 Å². The number of halogens is 1. The van der Waals surface area contributed by atoms with E-state index in [4.69, 9.17) is 5.73 Å². The molecule has 0 amide bonds. The molecule has 12 heavy (non-hydrogen) atoms. The molecule has 0 unspecified atom stereocenters. The number of hydrogen-bond acceptors (Lipinski definition) is 3. The summed E-state index contributed by atoms with van der Waals surface area (Å²) in [5, 5.41) is 6.82. The number of aromatic nitrogens is 3. The highest BCUT2D eigenvalue weighted by molar-refractivity contribution is 5.85. The molecule has 0 bridgehead atoms. The number of nitrogens with two attached hydrogens (primary N) is 1. The minimum atomic E-state index is 0. The maximum absolute atomic E-state index is 5.37. The SMILES string of the molecule is CC(C)(C)c1n[nH]c(CN)n1.Cl. The first-order valence-electron chi connectivity index (χ1n) is 3.66. The van der Waals surface area contributed by atoms with E-state index < -0.39 is 0 Å². The Hall–Kier alpha value is -0.610. The molecule has 0 fully saturated rings. The van der Waals surface area contributed by atoms with Crippen LogP contribution in [0.1, 0.15) is 32.4 Å². The Labute approximate surface area is 78.4 Å². The average molecular weight is 191 g/mol. The lowest BCUT2D eigenvalue weighted by Gasteiger charge is -2.11. The molecule has 0 spiro atoms. The zero-order valence-electron chi connectivity index (χ0n) is 7.59. The second kappa shape index (κ2) is 3.87. The molecule has 0 saturated carbocycles. The van der Waals surface area contributed by atoms with E-state index in [1.54, 1.807) is 0 Å². The molecule has 1 aromatic heterocycles. The Morgan fingerprint density at radius 3 is 2.25 bits per heavy atom. The Balaban J connectivity index is 0.00000121. The van der Waals surface area contributed by atoms with E-state index in [0.717, 1.165) is 11.6 Å². The van der Waals surface area contributed by atoms with Crippen LogP contribution in [0.5, 0.6) is 0 Å². The van der Waals surface area contributed by atoms with Gasteiger partial charge in [-0.05, 0) is 0 Å². The molecular weight excluding hydrogens is 176 g/mol. The van der Waals surface area contributed by atoms with E-state index in [1.807, 2.05) is 0 Å². The minimum absolute atomic E-state index is 0. The van der Waals surface area contributed by atoms with Crippen LogP contribution >= 0.6 is 12.4 Å². The standard InChI is InChI=1S/C7H14N4.ClH/c1-7(2,3)6-9-5(4-8)10-11-6;/h4,8H2,1-3H3,(H,9,10,11);1H. The van der Waals surface area contributed by atoms with Gasteiger partial charge in [-0.2, -0.15) is 5.10 Å². The van der Waals surface area contributed by atoms with Gasteiger partial charge >= 0.3 is 0 Å². The predicted molar refractivity (Wildman–Crippen MR) is 50.2 cm³/mol. The van der Waals surface area contributed by atoms with Gasteiger partial charge in [-0.25, -0.2) is 4.98 Å². The van der Waals surface area contributed by atoms with Crippen molar-refractivity contribution in [3.63, 3.8) is 0 Å². The van der Waals surface area contributed by atoms with Gasteiger partial charge < -0.3 is 5.73 Å². The zero-order valence-corrected chi connectivity index (χ0v) is 8.40. The smallest absolute Gasteiger partial charge is 0.156 e. The largest absolute Gasteiger partial charge is 0.324 e. The molecule has 0 atom stereocenters. The molecule has 3 N–H and O–H groups in total. The highest BCUT2D eigenvalue weighted by Crippen LogP contribution is 2.16. The van der Waals surface area contributed by atoms with Crippen molar-refractivity contribution in [2.24, 2.45) is 5.73 Å². The Morgan fingerprint density at radius 2 is 2.00 bits per heavy atom. The van der Waals surface area contributed by atoms with Crippen LogP contribution in [0.3, 0.4) is 0 Å². The van der Waals surface area contributed by atoms with Crippen molar-refractivity contribution in [1.82, 2.24) is 15.2 Å². The van der Waals surface area contributed by atoms with Crippen molar-refractivity contribution in [2.45, 2.75) is 32.7 Å². The van der Waals surface area contributed by atoms with Crippen LogP contribution in [0.4, 0.5) is 0 Å². The molecule has 5 heteroatoms. The van der Waals surface area contributed by atoms with Gasteiger partial charge in [-0.15, -0.1) is 12.4 Å².